The van der Waals surface area contributed by atoms with E-state index in [2.05, 4.69) is 19.2 Å². The maximum absolute atomic E-state index is 12.1. The summed E-state index contributed by atoms with van der Waals surface area (Å²) in [5.74, 6) is 0.388. The van der Waals surface area contributed by atoms with Crippen molar-refractivity contribution in [1.82, 2.24) is 5.32 Å². The Morgan fingerprint density at radius 1 is 1.32 bits per heavy atom. The highest BCUT2D eigenvalue weighted by atomic mass is 16.1. The predicted octanol–water partition coefficient (Wildman–Crippen LogP) is 3.21. The normalized spacial score (nSPS) is 19.1. The Morgan fingerprint density at radius 3 is 2.47 bits per heavy atom. The van der Waals surface area contributed by atoms with Gasteiger partial charge in [-0.2, -0.15) is 0 Å². The standard InChI is InChI=1S/C16H24N2O/c1-12(13-5-7-14(17)8-6-13)11-15(19)18-16(2)9-3-4-10-16/h5-8,12H,3-4,9-11,17H2,1-2H3,(H,18,19). The molecule has 0 aromatic heterocycles. The minimum Gasteiger partial charge on any atom is -0.399 e. The van der Waals surface area contributed by atoms with E-state index >= 15 is 0 Å². The molecule has 1 aromatic carbocycles. The minimum atomic E-state index is 0.0257. The van der Waals surface area contributed by atoms with Crippen LogP contribution in [0.4, 0.5) is 5.69 Å². The maximum atomic E-state index is 12.1. The molecule has 0 spiro atoms. The summed E-state index contributed by atoms with van der Waals surface area (Å²) in [5, 5.41) is 3.20. The largest absolute Gasteiger partial charge is 0.399 e. The van der Waals surface area contributed by atoms with Crippen LogP contribution in [0.2, 0.25) is 0 Å². The fourth-order valence-corrected chi connectivity index (χ4v) is 2.89. The molecule has 0 heterocycles. The van der Waals surface area contributed by atoms with Crippen LogP contribution in [0, 0.1) is 0 Å². The molecule has 0 aliphatic heterocycles. The molecule has 0 radical (unpaired) electrons. The van der Waals surface area contributed by atoms with Gasteiger partial charge < -0.3 is 11.1 Å². The molecule has 3 heteroatoms. The van der Waals surface area contributed by atoms with Gasteiger partial charge in [-0.05, 0) is 43.4 Å². The number of carbonyl (C=O) groups is 1. The number of nitrogen functional groups attached to an aromatic ring is 1. The number of benzene rings is 1. The lowest BCUT2D eigenvalue weighted by atomic mass is 9.95. The second-order valence-electron chi connectivity index (χ2n) is 6.09. The van der Waals surface area contributed by atoms with Crippen molar-refractivity contribution in [3.8, 4) is 0 Å². The molecular weight excluding hydrogens is 236 g/mol. The van der Waals surface area contributed by atoms with Crippen molar-refractivity contribution in [1.29, 1.82) is 0 Å². The second-order valence-corrected chi connectivity index (χ2v) is 6.09. The Bertz CT molecular complexity index is 433. The van der Waals surface area contributed by atoms with E-state index < -0.39 is 0 Å². The zero-order valence-electron chi connectivity index (χ0n) is 11.9. The van der Waals surface area contributed by atoms with Crippen molar-refractivity contribution >= 4 is 11.6 Å². The Labute approximate surface area is 115 Å². The molecule has 1 amide bonds. The van der Waals surface area contributed by atoms with Gasteiger partial charge >= 0.3 is 0 Å². The lowest BCUT2D eigenvalue weighted by Gasteiger charge is -2.26. The van der Waals surface area contributed by atoms with Gasteiger partial charge in [0.2, 0.25) is 5.91 Å². The van der Waals surface area contributed by atoms with E-state index in [1.54, 1.807) is 0 Å². The van der Waals surface area contributed by atoms with Crippen LogP contribution in [0.5, 0.6) is 0 Å². The van der Waals surface area contributed by atoms with Gasteiger partial charge in [-0.25, -0.2) is 0 Å². The highest BCUT2D eigenvalue weighted by Gasteiger charge is 2.30. The molecule has 19 heavy (non-hydrogen) atoms. The van der Waals surface area contributed by atoms with Crippen molar-refractivity contribution < 1.29 is 4.79 Å². The van der Waals surface area contributed by atoms with Gasteiger partial charge in [0.05, 0.1) is 0 Å². The number of hydrogen-bond donors (Lipinski definition) is 2. The second kappa shape index (κ2) is 5.64. The molecule has 1 aromatic rings. The predicted molar refractivity (Wildman–Crippen MR) is 78.9 cm³/mol. The zero-order valence-corrected chi connectivity index (χ0v) is 11.9. The molecule has 104 valence electrons. The molecule has 3 nitrogen and oxygen atoms in total. The van der Waals surface area contributed by atoms with Gasteiger partial charge in [0.1, 0.15) is 0 Å². The van der Waals surface area contributed by atoms with Crippen LogP contribution >= 0.6 is 0 Å². The molecule has 1 fully saturated rings. The van der Waals surface area contributed by atoms with Crippen molar-refractivity contribution in [3.05, 3.63) is 29.8 Å². The van der Waals surface area contributed by atoms with Crippen LogP contribution in [0.1, 0.15) is 57.4 Å². The van der Waals surface area contributed by atoms with Crippen LogP contribution in [-0.4, -0.2) is 11.4 Å². The quantitative estimate of drug-likeness (QED) is 0.817. The third kappa shape index (κ3) is 3.72. The monoisotopic (exact) mass is 260 g/mol. The van der Waals surface area contributed by atoms with E-state index in [1.807, 2.05) is 24.3 Å². The highest BCUT2D eigenvalue weighted by Crippen LogP contribution is 2.29. The summed E-state index contributed by atoms with van der Waals surface area (Å²) in [7, 11) is 0. The number of anilines is 1. The fraction of sp³-hybridized carbons (Fsp3) is 0.562. The number of nitrogens with two attached hydrogens (primary N) is 1. The number of carbonyl (C=O) groups excluding carboxylic acids is 1. The van der Waals surface area contributed by atoms with Crippen LogP contribution in [0.15, 0.2) is 24.3 Å². The first kappa shape index (κ1) is 13.9. The summed E-state index contributed by atoms with van der Waals surface area (Å²) >= 11 is 0. The van der Waals surface area contributed by atoms with Crippen molar-refractivity contribution in [2.45, 2.75) is 57.4 Å². The summed E-state index contributed by atoms with van der Waals surface area (Å²) in [6.45, 7) is 4.24. The van der Waals surface area contributed by atoms with Gasteiger partial charge in [-0.1, -0.05) is 31.9 Å². The Balaban J connectivity index is 1.89. The zero-order chi connectivity index (χ0) is 13.9. The third-order valence-corrected chi connectivity index (χ3v) is 4.15. The number of nitrogens with one attached hydrogen (secondary N) is 1. The van der Waals surface area contributed by atoms with Crippen LogP contribution < -0.4 is 11.1 Å². The van der Waals surface area contributed by atoms with Gasteiger partial charge in [-0.3, -0.25) is 4.79 Å². The van der Waals surface area contributed by atoms with Crippen LogP contribution in [0.3, 0.4) is 0 Å². The van der Waals surface area contributed by atoms with Gasteiger partial charge in [0.15, 0.2) is 0 Å². The minimum absolute atomic E-state index is 0.0257. The molecule has 1 unspecified atom stereocenters. The molecule has 0 bridgehead atoms. The van der Waals surface area contributed by atoms with Crippen molar-refractivity contribution in [3.63, 3.8) is 0 Å². The van der Waals surface area contributed by atoms with Crippen LogP contribution in [-0.2, 0) is 4.79 Å². The highest BCUT2D eigenvalue weighted by molar-refractivity contribution is 5.77. The smallest absolute Gasteiger partial charge is 0.221 e. The first-order chi connectivity index (χ1) is 8.98. The first-order valence-electron chi connectivity index (χ1n) is 7.15. The van der Waals surface area contributed by atoms with E-state index in [0.717, 1.165) is 18.5 Å². The topological polar surface area (TPSA) is 55.1 Å². The van der Waals surface area contributed by atoms with E-state index in [4.69, 9.17) is 5.73 Å². The van der Waals surface area contributed by atoms with E-state index in [1.165, 1.54) is 18.4 Å². The lowest BCUT2D eigenvalue weighted by molar-refractivity contribution is -0.123. The molecule has 3 N–H and O–H groups in total. The van der Waals surface area contributed by atoms with E-state index in [0.29, 0.717) is 6.42 Å². The molecule has 1 aliphatic rings. The molecule has 1 saturated carbocycles. The summed E-state index contributed by atoms with van der Waals surface area (Å²) < 4.78 is 0. The molecule has 1 atom stereocenters. The SMILES string of the molecule is CC(CC(=O)NC1(C)CCCC1)c1ccc(N)cc1. The molecule has 1 aliphatic carbocycles. The molecule has 2 rings (SSSR count). The molecular formula is C16H24N2O. The van der Waals surface area contributed by atoms with Crippen LogP contribution in [0.25, 0.3) is 0 Å². The summed E-state index contributed by atoms with van der Waals surface area (Å²) in [4.78, 5) is 12.1. The summed E-state index contributed by atoms with van der Waals surface area (Å²) in [5.41, 5.74) is 7.63. The first-order valence-corrected chi connectivity index (χ1v) is 7.15. The Kier molecular flexibility index (Phi) is 4.13. The summed E-state index contributed by atoms with van der Waals surface area (Å²) in [6, 6.07) is 7.79. The lowest BCUT2D eigenvalue weighted by Crippen LogP contribution is -2.43. The molecule has 0 saturated heterocycles. The average molecular weight is 260 g/mol. The Hall–Kier alpha value is -1.51. The maximum Gasteiger partial charge on any atom is 0.221 e. The Morgan fingerprint density at radius 2 is 1.89 bits per heavy atom. The van der Waals surface area contributed by atoms with Crippen molar-refractivity contribution in [2.75, 3.05) is 5.73 Å². The van der Waals surface area contributed by atoms with Gasteiger partial charge in [-0.15, -0.1) is 0 Å². The summed E-state index contributed by atoms with van der Waals surface area (Å²) in [6.07, 6.45) is 5.21. The fourth-order valence-electron chi connectivity index (χ4n) is 2.89. The van der Waals surface area contributed by atoms with Gasteiger partial charge in [0, 0.05) is 17.6 Å². The number of rotatable bonds is 4. The van der Waals surface area contributed by atoms with E-state index in [-0.39, 0.29) is 17.4 Å². The van der Waals surface area contributed by atoms with Gasteiger partial charge in [0.25, 0.3) is 0 Å². The number of amides is 1. The third-order valence-electron chi connectivity index (χ3n) is 4.15. The van der Waals surface area contributed by atoms with E-state index in [9.17, 15) is 4.79 Å². The number of hydrogen-bond acceptors (Lipinski definition) is 2. The average Bonchev–Trinajstić information content (AvgIpc) is 2.76. The van der Waals surface area contributed by atoms with Crippen molar-refractivity contribution in [2.24, 2.45) is 0 Å².